The number of rotatable bonds is 3. The Kier molecular flexibility index (Phi) is 4.55. The van der Waals surface area contributed by atoms with Crippen molar-refractivity contribution in [2.75, 3.05) is 19.6 Å². The number of nitrogens with two attached hydrogens (primary N) is 1. The lowest BCUT2D eigenvalue weighted by molar-refractivity contribution is -0.0800. The highest BCUT2D eigenvalue weighted by atomic mass is 19.1. The summed E-state index contributed by atoms with van der Waals surface area (Å²) in [6, 6.07) is 4.99. The minimum Gasteiger partial charge on any atom is -0.373 e. The molecule has 0 amide bonds. The van der Waals surface area contributed by atoms with Gasteiger partial charge in [0.05, 0.1) is 12.2 Å². The van der Waals surface area contributed by atoms with E-state index in [4.69, 9.17) is 10.5 Å². The van der Waals surface area contributed by atoms with Gasteiger partial charge in [0.15, 0.2) is 0 Å². The molecule has 0 aliphatic carbocycles. The molecule has 0 spiro atoms. The SMILES string of the molecule is Cc1ccc(F)cc1C(CN)N1CC(C)OC(C)C1. The maximum absolute atomic E-state index is 13.5. The van der Waals surface area contributed by atoms with Crippen LogP contribution in [0.4, 0.5) is 4.39 Å². The molecule has 1 saturated heterocycles. The van der Waals surface area contributed by atoms with Gasteiger partial charge in [-0.3, -0.25) is 4.90 Å². The van der Waals surface area contributed by atoms with Crippen LogP contribution in [0.1, 0.15) is 31.0 Å². The highest BCUT2D eigenvalue weighted by molar-refractivity contribution is 5.30. The first-order valence-electron chi connectivity index (χ1n) is 6.87. The summed E-state index contributed by atoms with van der Waals surface area (Å²) in [5.74, 6) is -0.201. The summed E-state index contributed by atoms with van der Waals surface area (Å²) < 4.78 is 19.2. The van der Waals surface area contributed by atoms with Crippen molar-refractivity contribution in [3.63, 3.8) is 0 Å². The Balaban J connectivity index is 2.26. The van der Waals surface area contributed by atoms with Gasteiger partial charge in [0.25, 0.3) is 0 Å². The Bertz CT molecular complexity index is 428. The quantitative estimate of drug-likeness (QED) is 0.912. The lowest BCUT2D eigenvalue weighted by atomic mass is 9.98. The van der Waals surface area contributed by atoms with Crippen LogP contribution in [0, 0.1) is 12.7 Å². The average Bonchev–Trinajstić information content (AvgIpc) is 2.33. The van der Waals surface area contributed by atoms with Gasteiger partial charge in [-0.05, 0) is 44.0 Å². The molecule has 0 bridgehead atoms. The molecule has 3 unspecified atom stereocenters. The normalized spacial score (nSPS) is 26.4. The number of aryl methyl sites for hydroxylation is 1. The van der Waals surface area contributed by atoms with Gasteiger partial charge in [0, 0.05) is 25.7 Å². The molecule has 1 fully saturated rings. The third-order valence-electron chi connectivity index (χ3n) is 3.71. The molecule has 1 aromatic rings. The lowest BCUT2D eigenvalue weighted by Gasteiger charge is -2.40. The summed E-state index contributed by atoms with van der Waals surface area (Å²) in [4.78, 5) is 2.31. The van der Waals surface area contributed by atoms with E-state index >= 15 is 0 Å². The second kappa shape index (κ2) is 5.99. The van der Waals surface area contributed by atoms with E-state index in [1.54, 1.807) is 6.07 Å². The number of morpholine rings is 1. The fourth-order valence-electron chi connectivity index (χ4n) is 2.92. The second-order valence-corrected chi connectivity index (χ2v) is 5.46. The molecular weight excluding hydrogens is 243 g/mol. The van der Waals surface area contributed by atoms with Crippen molar-refractivity contribution in [2.45, 2.75) is 39.0 Å². The van der Waals surface area contributed by atoms with Crippen molar-refractivity contribution in [1.29, 1.82) is 0 Å². The van der Waals surface area contributed by atoms with Crippen LogP contribution in [0.5, 0.6) is 0 Å². The number of hydrogen-bond acceptors (Lipinski definition) is 3. The van der Waals surface area contributed by atoms with E-state index in [0.717, 1.165) is 24.2 Å². The summed E-state index contributed by atoms with van der Waals surface area (Å²) in [6.45, 7) is 8.29. The van der Waals surface area contributed by atoms with E-state index in [-0.39, 0.29) is 24.1 Å². The number of ether oxygens (including phenoxy) is 1. The van der Waals surface area contributed by atoms with Crippen LogP contribution in [-0.4, -0.2) is 36.7 Å². The van der Waals surface area contributed by atoms with Crippen molar-refractivity contribution < 1.29 is 9.13 Å². The Morgan fingerprint density at radius 2 is 2.00 bits per heavy atom. The van der Waals surface area contributed by atoms with Gasteiger partial charge in [0.2, 0.25) is 0 Å². The van der Waals surface area contributed by atoms with Crippen LogP contribution in [-0.2, 0) is 4.74 Å². The molecule has 2 rings (SSSR count). The molecular formula is C15H23FN2O. The minimum absolute atomic E-state index is 0.0597. The third-order valence-corrected chi connectivity index (χ3v) is 3.71. The lowest BCUT2D eigenvalue weighted by Crippen LogP contribution is -2.48. The van der Waals surface area contributed by atoms with Gasteiger partial charge in [-0.15, -0.1) is 0 Å². The standard InChI is InChI=1S/C15H23FN2O/c1-10-4-5-13(16)6-14(10)15(7-17)18-8-11(2)19-12(3)9-18/h4-6,11-12,15H,7-9,17H2,1-3H3. The summed E-state index contributed by atoms with van der Waals surface area (Å²) in [7, 11) is 0. The molecule has 1 heterocycles. The molecule has 2 N–H and O–H groups in total. The van der Waals surface area contributed by atoms with Crippen LogP contribution in [0.25, 0.3) is 0 Å². The van der Waals surface area contributed by atoms with E-state index < -0.39 is 0 Å². The molecule has 19 heavy (non-hydrogen) atoms. The van der Waals surface area contributed by atoms with E-state index in [1.165, 1.54) is 6.07 Å². The molecule has 1 aliphatic rings. The number of hydrogen-bond donors (Lipinski definition) is 1. The van der Waals surface area contributed by atoms with Crippen LogP contribution in [0.3, 0.4) is 0 Å². The molecule has 4 heteroatoms. The van der Waals surface area contributed by atoms with Gasteiger partial charge in [-0.25, -0.2) is 4.39 Å². The maximum atomic E-state index is 13.5. The van der Waals surface area contributed by atoms with E-state index in [9.17, 15) is 4.39 Å². The Labute approximate surface area is 114 Å². The van der Waals surface area contributed by atoms with Crippen molar-refractivity contribution in [1.82, 2.24) is 4.90 Å². The van der Waals surface area contributed by atoms with Gasteiger partial charge in [-0.1, -0.05) is 6.07 Å². The molecule has 1 aromatic carbocycles. The van der Waals surface area contributed by atoms with Crippen molar-refractivity contribution in [3.05, 3.63) is 35.1 Å². The largest absolute Gasteiger partial charge is 0.373 e. The molecule has 1 aliphatic heterocycles. The maximum Gasteiger partial charge on any atom is 0.123 e. The predicted octanol–water partition coefficient (Wildman–Crippen LogP) is 2.24. The topological polar surface area (TPSA) is 38.5 Å². The first-order chi connectivity index (χ1) is 9.01. The Morgan fingerprint density at radius 3 is 2.58 bits per heavy atom. The molecule has 106 valence electrons. The van der Waals surface area contributed by atoms with Crippen molar-refractivity contribution in [3.8, 4) is 0 Å². The highest BCUT2D eigenvalue weighted by Crippen LogP contribution is 2.27. The van der Waals surface area contributed by atoms with Gasteiger partial charge >= 0.3 is 0 Å². The van der Waals surface area contributed by atoms with E-state index in [1.807, 2.05) is 13.0 Å². The van der Waals surface area contributed by atoms with E-state index in [0.29, 0.717) is 6.54 Å². The number of nitrogens with zero attached hydrogens (tertiary/aromatic N) is 1. The first kappa shape index (κ1) is 14.4. The zero-order chi connectivity index (χ0) is 14.0. The number of halogens is 1. The van der Waals surface area contributed by atoms with Gasteiger partial charge in [-0.2, -0.15) is 0 Å². The van der Waals surface area contributed by atoms with Crippen molar-refractivity contribution >= 4 is 0 Å². The van der Waals surface area contributed by atoms with E-state index in [2.05, 4.69) is 18.7 Å². The molecule has 0 aromatic heterocycles. The van der Waals surface area contributed by atoms with Crippen LogP contribution in [0.2, 0.25) is 0 Å². The van der Waals surface area contributed by atoms with Crippen LogP contribution < -0.4 is 5.73 Å². The summed E-state index contributed by atoms with van der Waals surface area (Å²) in [5, 5.41) is 0. The summed E-state index contributed by atoms with van der Waals surface area (Å²) >= 11 is 0. The molecule has 0 radical (unpaired) electrons. The second-order valence-electron chi connectivity index (χ2n) is 5.46. The average molecular weight is 266 g/mol. The molecule has 3 atom stereocenters. The predicted molar refractivity (Wildman–Crippen MR) is 74.5 cm³/mol. The zero-order valence-electron chi connectivity index (χ0n) is 11.9. The van der Waals surface area contributed by atoms with Gasteiger partial charge in [0.1, 0.15) is 5.82 Å². The zero-order valence-corrected chi connectivity index (χ0v) is 11.9. The smallest absolute Gasteiger partial charge is 0.123 e. The third kappa shape index (κ3) is 3.32. The van der Waals surface area contributed by atoms with Crippen LogP contribution >= 0.6 is 0 Å². The minimum atomic E-state index is -0.201. The summed E-state index contributed by atoms with van der Waals surface area (Å²) in [5.41, 5.74) is 8.02. The van der Waals surface area contributed by atoms with Crippen molar-refractivity contribution in [2.24, 2.45) is 5.73 Å². The molecule has 3 nitrogen and oxygen atoms in total. The number of benzene rings is 1. The Morgan fingerprint density at radius 1 is 1.37 bits per heavy atom. The molecule has 0 saturated carbocycles. The first-order valence-corrected chi connectivity index (χ1v) is 6.87. The fourth-order valence-corrected chi connectivity index (χ4v) is 2.92. The Hall–Kier alpha value is -0.970. The van der Waals surface area contributed by atoms with Gasteiger partial charge < -0.3 is 10.5 Å². The highest BCUT2D eigenvalue weighted by Gasteiger charge is 2.28. The van der Waals surface area contributed by atoms with Crippen LogP contribution in [0.15, 0.2) is 18.2 Å². The summed E-state index contributed by atoms with van der Waals surface area (Å²) in [6.07, 6.45) is 0.373. The fraction of sp³-hybridized carbons (Fsp3) is 0.600. The monoisotopic (exact) mass is 266 g/mol.